The Balaban J connectivity index is 1.11. The Bertz CT molecular complexity index is 1930. The Kier molecular flexibility index (Phi) is 12.2. The van der Waals surface area contributed by atoms with Crippen LogP contribution in [-0.2, 0) is 35.5 Å². The molecule has 0 aliphatic heterocycles. The maximum atomic E-state index is 13.1. The van der Waals surface area contributed by atoms with Gasteiger partial charge < -0.3 is 19.8 Å². The monoisotopic (exact) mass is 732 g/mol. The van der Waals surface area contributed by atoms with E-state index in [4.69, 9.17) is 23.2 Å². The van der Waals surface area contributed by atoms with Gasteiger partial charge in [0.15, 0.2) is 10.3 Å². The summed E-state index contributed by atoms with van der Waals surface area (Å²) in [5, 5.41) is 0.737. The van der Waals surface area contributed by atoms with Crippen molar-refractivity contribution in [2.45, 2.75) is 52.6 Å². The van der Waals surface area contributed by atoms with E-state index in [0.717, 1.165) is 57.6 Å². The Morgan fingerprint density at radius 2 is 0.885 bits per heavy atom. The SMILES string of the molecule is CCCN(Cc1nc(Cl)c(-c2ccc(-c3ccc(-c4[nH]c(CN(CCC)C(=O)Cc5ccccc5)nc4Cl)cc3)cc2)[nH]1)C(=O)Cc1ccccc1. The van der Waals surface area contributed by atoms with Crippen LogP contribution in [0.3, 0.4) is 0 Å². The largest absolute Gasteiger partial charge is 0.339 e. The van der Waals surface area contributed by atoms with Crippen molar-refractivity contribution in [1.82, 2.24) is 29.7 Å². The molecule has 0 spiro atoms. The highest BCUT2D eigenvalue weighted by Gasteiger charge is 2.20. The van der Waals surface area contributed by atoms with Crippen molar-refractivity contribution in [1.29, 1.82) is 0 Å². The summed E-state index contributed by atoms with van der Waals surface area (Å²) in [5.41, 5.74) is 7.28. The van der Waals surface area contributed by atoms with Crippen LogP contribution in [0.15, 0.2) is 109 Å². The van der Waals surface area contributed by atoms with Crippen LogP contribution >= 0.6 is 23.2 Å². The van der Waals surface area contributed by atoms with E-state index >= 15 is 0 Å². The van der Waals surface area contributed by atoms with Crippen molar-refractivity contribution in [2.24, 2.45) is 0 Å². The summed E-state index contributed by atoms with van der Waals surface area (Å²) < 4.78 is 0. The van der Waals surface area contributed by atoms with Gasteiger partial charge >= 0.3 is 0 Å². The molecule has 0 unspecified atom stereocenters. The number of amides is 2. The summed E-state index contributed by atoms with van der Waals surface area (Å²) in [7, 11) is 0. The second-order valence-corrected chi connectivity index (χ2v) is 13.5. The van der Waals surface area contributed by atoms with Gasteiger partial charge in [-0.25, -0.2) is 9.97 Å². The molecular weight excluding hydrogens is 691 g/mol. The van der Waals surface area contributed by atoms with E-state index in [2.05, 4.69) is 33.8 Å². The fourth-order valence-electron chi connectivity index (χ4n) is 6.24. The lowest BCUT2D eigenvalue weighted by Gasteiger charge is -2.21. The molecule has 2 amide bonds. The van der Waals surface area contributed by atoms with E-state index in [1.54, 1.807) is 0 Å². The van der Waals surface area contributed by atoms with Gasteiger partial charge in [0.25, 0.3) is 0 Å². The van der Waals surface area contributed by atoms with Crippen LogP contribution in [0.1, 0.15) is 49.5 Å². The zero-order chi connectivity index (χ0) is 36.5. The highest BCUT2D eigenvalue weighted by Crippen LogP contribution is 2.31. The molecule has 0 aliphatic rings. The fourth-order valence-corrected chi connectivity index (χ4v) is 6.75. The van der Waals surface area contributed by atoms with E-state index in [1.165, 1.54) is 0 Å². The minimum Gasteiger partial charge on any atom is -0.339 e. The number of imidazole rings is 2. The van der Waals surface area contributed by atoms with Crippen molar-refractivity contribution in [3.05, 3.63) is 142 Å². The third-order valence-electron chi connectivity index (χ3n) is 8.87. The summed E-state index contributed by atoms with van der Waals surface area (Å²) in [6, 6.07) is 35.8. The van der Waals surface area contributed by atoms with Gasteiger partial charge in [0, 0.05) is 24.2 Å². The zero-order valence-corrected chi connectivity index (χ0v) is 30.9. The molecule has 266 valence electrons. The number of benzene rings is 4. The molecule has 2 aromatic heterocycles. The first kappa shape index (κ1) is 36.6. The Labute approximate surface area is 314 Å². The number of rotatable bonds is 15. The number of nitrogens with one attached hydrogen (secondary N) is 2. The predicted molar refractivity (Wildman–Crippen MR) is 209 cm³/mol. The van der Waals surface area contributed by atoms with Gasteiger partial charge in [-0.2, -0.15) is 0 Å². The second-order valence-electron chi connectivity index (χ2n) is 12.8. The van der Waals surface area contributed by atoms with E-state index < -0.39 is 0 Å². The third-order valence-corrected chi connectivity index (χ3v) is 9.41. The second kappa shape index (κ2) is 17.4. The van der Waals surface area contributed by atoms with Crippen LogP contribution in [0.2, 0.25) is 10.3 Å². The van der Waals surface area contributed by atoms with Crippen molar-refractivity contribution < 1.29 is 9.59 Å². The summed E-state index contributed by atoms with van der Waals surface area (Å²) in [6.07, 6.45) is 2.37. The zero-order valence-electron chi connectivity index (χ0n) is 29.4. The number of aromatic nitrogens is 4. The van der Waals surface area contributed by atoms with Gasteiger partial charge in [0.1, 0.15) is 11.6 Å². The minimum atomic E-state index is 0.0531. The normalized spacial score (nSPS) is 11.1. The number of carbonyl (C=O) groups excluding carboxylic acids is 2. The van der Waals surface area contributed by atoms with Gasteiger partial charge in [-0.3, -0.25) is 9.59 Å². The quantitative estimate of drug-likeness (QED) is 0.110. The number of carbonyl (C=O) groups is 2. The molecular formula is C42H42Cl2N6O2. The number of aromatic amines is 2. The minimum absolute atomic E-state index is 0.0531. The number of H-pyrrole nitrogens is 2. The van der Waals surface area contributed by atoms with Crippen LogP contribution in [-0.4, -0.2) is 54.6 Å². The first-order valence-corrected chi connectivity index (χ1v) is 18.4. The maximum absolute atomic E-state index is 13.1. The molecule has 8 nitrogen and oxygen atoms in total. The van der Waals surface area contributed by atoms with E-state index in [0.29, 0.717) is 61.0 Å². The molecule has 0 fully saturated rings. The standard InChI is InChI=1S/C42H42Cl2N6O2/c1-3-23-49(37(51)25-29-11-7-5-8-12-29)27-35-45-39(41(43)47-35)33-19-15-31(16-20-33)32-17-21-34(22-18-32)40-42(44)48-36(46-40)28-50(24-4-2)38(52)26-30-13-9-6-10-14-30/h5-22H,3-4,23-28H2,1-2H3,(H,45,47)(H,46,48). The molecule has 0 bridgehead atoms. The van der Waals surface area contributed by atoms with Crippen LogP contribution in [0.4, 0.5) is 0 Å². The molecule has 0 aliphatic carbocycles. The number of hydrogen-bond donors (Lipinski definition) is 2. The molecule has 6 rings (SSSR count). The fraction of sp³-hybridized carbons (Fsp3) is 0.238. The van der Waals surface area contributed by atoms with Crippen molar-refractivity contribution in [3.63, 3.8) is 0 Å². The highest BCUT2D eigenvalue weighted by molar-refractivity contribution is 6.32. The average Bonchev–Trinajstić information content (AvgIpc) is 3.72. The molecule has 0 saturated heterocycles. The van der Waals surface area contributed by atoms with Gasteiger partial charge in [-0.05, 0) is 35.1 Å². The summed E-state index contributed by atoms with van der Waals surface area (Å²) in [4.78, 5) is 45.7. The molecule has 0 saturated carbocycles. The van der Waals surface area contributed by atoms with E-state index in [9.17, 15) is 9.59 Å². The third kappa shape index (κ3) is 9.18. The Hall–Kier alpha value is -5.18. The number of hydrogen-bond acceptors (Lipinski definition) is 4. The summed E-state index contributed by atoms with van der Waals surface area (Å²) in [5.74, 6) is 1.40. The van der Waals surface area contributed by atoms with Crippen LogP contribution in [0.25, 0.3) is 33.6 Å². The maximum Gasteiger partial charge on any atom is 0.227 e. The van der Waals surface area contributed by atoms with Gasteiger partial charge in [-0.15, -0.1) is 0 Å². The van der Waals surface area contributed by atoms with Crippen molar-refractivity contribution >= 4 is 35.0 Å². The first-order valence-electron chi connectivity index (χ1n) is 17.6. The summed E-state index contributed by atoms with van der Waals surface area (Å²) >= 11 is 13.2. The van der Waals surface area contributed by atoms with Crippen LogP contribution < -0.4 is 0 Å². The Morgan fingerprint density at radius 3 is 1.23 bits per heavy atom. The van der Waals surface area contributed by atoms with Gasteiger partial charge in [0.05, 0.1) is 37.3 Å². The van der Waals surface area contributed by atoms with Crippen LogP contribution in [0, 0.1) is 0 Å². The average molecular weight is 734 g/mol. The van der Waals surface area contributed by atoms with E-state index in [1.807, 2.05) is 119 Å². The lowest BCUT2D eigenvalue weighted by atomic mass is 10.0. The molecule has 10 heteroatoms. The number of nitrogens with zero attached hydrogens (tertiary/aromatic N) is 4. The first-order chi connectivity index (χ1) is 25.3. The van der Waals surface area contributed by atoms with Gasteiger partial charge in [-0.1, -0.05) is 146 Å². The van der Waals surface area contributed by atoms with Crippen molar-refractivity contribution in [3.8, 4) is 33.6 Å². The van der Waals surface area contributed by atoms with E-state index in [-0.39, 0.29) is 11.8 Å². The lowest BCUT2D eigenvalue weighted by Crippen LogP contribution is -2.33. The lowest BCUT2D eigenvalue weighted by molar-refractivity contribution is -0.132. The molecule has 52 heavy (non-hydrogen) atoms. The molecule has 4 aromatic carbocycles. The predicted octanol–water partition coefficient (Wildman–Crippen LogP) is 9.40. The summed E-state index contributed by atoms with van der Waals surface area (Å²) in [6.45, 7) is 6.09. The smallest absolute Gasteiger partial charge is 0.227 e. The van der Waals surface area contributed by atoms with Crippen LogP contribution in [0.5, 0.6) is 0 Å². The molecule has 0 atom stereocenters. The van der Waals surface area contributed by atoms with Crippen molar-refractivity contribution in [2.75, 3.05) is 13.1 Å². The Morgan fingerprint density at radius 1 is 0.538 bits per heavy atom. The topological polar surface area (TPSA) is 98.0 Å². The molecule has 0 radical (unpaired) electrons. The highest BCUT2D eigenvalue weighted by atomic mass is 35.5. The molecule has 2 heterocycles. The number of halogens is 2. The molecule has 2 N–H and O–H groups in total. The van der Waals surface area contributed by atoms with Gasteiger partial charge in [0.2, 0.25) is 11.8 Å². The molecule has 6 aromatic rings.